The first-order chi connectivity index (χ1) is 18.5. The predicted molar refractivity (Wildman–Crippen MR) is 179 cm³/mol. The molecule has 1 amide bonds. The summed E-state index contributed by atoms with van der Waals surface area (Å²) < 4.78 is 5.60. The third-order valence-electron chi connectivity index (χ3n) is 5.27. The molecule has 230 valence electrons. The molecule has 1 aromatic carbocycles. The molecule has 0 aliphatic carbocycles. The number of aryl methyl sites for hydroxylation is 1. The van der Waals surface area contributed by atoms with E-state index in [1.165, 1.54) is 22.3 Å². The first-order valence-electron chi connectivity index (χ1n) is 15.8. The molecule has 1 atom stereocenters. The number of benzene rings is 1. The highest BCUT2D eigenvalue weighted by Gasteiger charge is 2.23. The van der Waals surface area contributed by atoms with Crippen LogP contribution in [0.25, 0.3) is 5.57 Å². The zero-order valence-corrected chi connectivity index (χ0v) is 29.3. The Hall–Kier alpha value is -2.10. The minimum Gasteiger partial charge on any atom is -0.444 e. The molecule has 0 bridgehead atoms. The van der Waals surface area contributed by atoms with E-state index < -0.39 is 5.60 Å². The summed E-state index contributed by atoms with van der Waals surface area (Å²) in [5.74, 6) is 0.352. The molecule has 0 heterocycles. The normalized spacial score (nSPS) is 11.6. The van der Waals surface area contributed by atoms with E-state index in [2.05, 4.69) is 63.9 Å². The highest BCUT2D eigenvalue weighted by atomic mass is 16.6. The molecule has 0 aliphatic heterocycles. The fourth-order valence-corrected chi connectivity index (χ4v) is 3.80. The highest BCUT2D eigenvalue weighted by molar-refractivity contribution is 6.00. The summed E-state index contributed by atoms with van der Waals surface area (Å²) in [6.07, 6.45) is 5.78. The molecular formula is C35H68N2O2. The Balaban J connectivity index is -0.000000697. The van der Waals surface area contributed by atoms with E-state index in [0.717, 1.165) is 37.9 Å². The molecule has 1 aromatic rings. The van der Waals surface area contributed by atoms with Crippen LogP contribution in [0.15, 0.2) is 29.3 Å². The summed E-state index contributed by atoms with van der Waals surface area (Å²) in [5, 5.41) is 0. The van der Waals surface area contributed by atoms with Gasteiger partial charge in [0.25, 0.3) is 0 Å². The van der Waals surface area contributed by atoms with Crippen LogP contribution in [-0.2, 0) is 17.6 Å². The number of hydrogen-bond acceptors (Lipinski definition) is 3. The molecule has 0 N–H and O–H groups in total. The summed E-state index contributed by atoms with van der Waals surface area (Å²) in [5.41, 5.74) is 5.90. The number of hydrogen-bond donors (Lipinski definition) is 0. The molecule has 0 aromatic heterocycles. The van der Waals surface area contributed by atoms with Crippen molar-refractivity contribution in [2.45, 2.75) is 142 Å². The van der Waals surface area contributed by atoms with E-state index in [0.29, 0.717) is 12.5 Å². The first kappa shape index (κ1) is 43.9. The summed E-state index contributed by atoms with van der Waals surface area (Å²) in [4.78, 5) is 18.8. The van der Waals surface area contributed by atoms with Crippen molar-refractivity contribution in [1.29, 1.82) is 0 Å². The molecule has 4 heteroatoms. The topological polar surface area (TPSA) is 41.9 Å². The third-order valence-corrected chi connectivity index (χ3v) is 5.27. The van der Waals surface area contributed by atoms with E-state index >= 15 is 0 Å². The number of carbonyl (C=O) groups is 1. The first-order valence-corrected chi connectivity index (χ1v) is 15.8. The fraction of sp³-hybridized carbons (Fsp3) is 0.714. The monoisotopic (exact) mass is 549 g/mol. The molecule has 0 spiro atoms. The molecular weight excluding hydrogens is 480 g/mol. The van der Waals surface area contributed by atoms with Crippen molar-refractivity contribution in [1.82, 2.24) is 4.90 Å². The van der Waals surface area contributed by atoms with Crippen LogP contribution >= 0.6 is 0 Å². The Bertz CT molecular complexity index is 773. The summed E-state index contributed by atoms with van der Waals surface area (Å²) in [6.45, 7) is 34.0. The number of aliphatic imine (C=N–C) groups is 1. The standard InChI is InChI=1S/C27H44N2O2.4C2H6/c1-10-15-29(26(30)31-27(6,7)8)19-20(4)16-22-13-14-25(23(11-2)18-22)21(5)17-24(12-3)28-9;4*1-2/h13-14,17-18,20H,10-12,15-16,19H2,1-9H3;4*1-2H3/b21-17+,28-24?;;;;. The smallest absolute Gasteiger partial charge is 0.410 e. The van der Waals surface area contributed by atoms with E-state index in [9.17, 15) is 4.79 Å². The van der Waals surface area contributed by atoms with Gasteiger partial charge >= 0.3 is 6.09 Å². The average molecular weight is 549 g/mol. The second-order valence-electron chi connectivity index (χ2n) is 9.48. The van der Waals surface area contributed by atoms with E-state index in [1.807, 2.05) is 88.1 Å². The zero-order chi connectivity index (χ0) is 31.6. The van der Waals surface area contributed by atoms with Crippen LogP contribution < -0.4 is 0 Å². The van der Waals surface area contributed by atoms with Gasteiger partial charge in [0.1, 0.15) is 5.60 Å². The molecule has 1 unspecified atom stereocenters. The average Bonchev–Trinajstić information content (AvgIpc) is 2.94. The van der Waals surface area contributed by atoms with Crippen LogP contribution in [-0.4, -0.2) is 42.4 Å². The second-order valence-corrected chi connectivity index (χ2v) is 9.48. The van der Waals surface area contributed by atoms with Crippen molar-refractivity contribution < 1.29 is 9.53 Å². The number of nitrogens with zero attached hydrogens (tertiary/aromatic N) is 2. The van der Waals surface area contributed by atoms with Gasteiger partial charge in [-0.3, -0.25) is 4.99 Å². The van der Waals surface area contributed by atoms with Crippen molar-refractivity contribution in [2.24, 2.45) is 10.9 Å². The lowest BCUT2D eigenvalue weighted by Crippen LogP contribution is -2.40. The Morgan fingerprint density at radius 1 is 1.00 bits per heavy atom. The molecule has 0 fully saturated rings. The lowest BCUT2D eigenvalue weighted by atomic mass is 9.92. The number of amides is 1. The van der Waals surface area contributed by atoms with E-state index in [4.69, 9.17) is 4.74 Å². The lowest BCUT2D eigenvalue weighted by molar-refractivity contribution is 0.0224. The second kappa shape index (κ2) is 27.5. The number of allylic oxidation sites excluding steroid dienone is 2. The van der Waals surface area contributed by atoms with Gasteiger partial charge in [0.2, 0.25) is 0 Å². The van der Waals surface area contributed by atoms with Crippen molar-refractivity contribution in [3.8, 4) is 0 Å². The van der Waals surface area contributed by atoms with Crippen molar-refractivity contribution in [2.75, 3.05) is 20.1 Å². The van der Waals surface area contributed by atoms with Crippen LogP contribution in [0.4, 0.5) is 4.79 Å². The van der Waals surface area contributed by atoms with Gasteiger partial charge in [-0.1, -0.05) is 101 Å². The molecule has 0 radical (unpaired) electrons. The van der Waals surface area contributed by atoms with Crippen LogP contribution in [0.5, 0.6) is 0 Å². The third kappa shape index (κ3) is 20.5. The maximum Gasteiger partial charge on any atom is 0.410 e. The maximum absolute atomic E-state index is 12.6. The van der Waals surface area contributed by atoms with Gasteiger partial charge in [0.05, 0.1) is 0 Å². The van der Waals surface area contributed by atoms with Crippen molar-refractivity contribution in [3.63, 3.8) is 0 Å². The van der Waals surface area contributed by atoms with Gasteiger partial charge < -0.3 is 9.64 Å². The molecule has 0 saturated carbocycles. The van der Waals surface area contributed by atoms with Gasteiger partial charge in [-0.25, -0.2) is 4.79 Å². The van der Waals surface area contributed by atoms with Crippen LogP contribution in [0, 0.1) is 5.92 Å². The summed E-state index contributed by atoms with van der Waals surface area (Å²) >= 11 is 0. The quantitative estimate of drug-likeness (QED) is 0.273. The van der Waals surface area contributed by atoms with E-state index in [-0.39, 0.29) is 6.09 Å². The summed E-state index contributed by atoms with van der Waals surface area (Å²) in [6, 6.07) is 6.80. The number of ether oxygens (including phenoxy) is 1. The molecule has 0 saturated heterocycles. The molecule has 39 heavy (non-hydrogen) atoms. The Labute approximate surface area is 245 Å². The van der Waals surface area contributed by atoms with Gasteiger partial charge in [-0.2, -0.15) is 0 Å². The van der Waals surface area contributed by atoms with Crippen molar-refractivity contribution in [3.05, 3.63) is 41.0 Å². The Morgan fingerprint density at radius 2 is 1.54 bits per heavy atom. The molecule has 0 aliphatic rings. The largest absolute Gasteiger partial charge is 0.444 e. The van der Waals surface area contributed by atoms with Gasteiger partial charge in [0, 0.05) is 25.8 Å². The Kier molecular flexibility index (Phi) is 30.9. The minimum absolute atomic E-state index is 0.212. The highest BCUT2D eigenvalue weighted by Crippen LogP contribution is 2.23. The fourth-order valence-electron chi connectivity index (χ4n) is 3.80. The molecule has 4 nitrogen and oxygen atoms in total. The van der Waals surface area contributed by atoms with Crippen LogP contribution in [0.3, 0.4) is 0 Å². The zero-order valence-electron chi connectivity index (χ0n) is 29.3. The maximum atomic E-state index is 12.6. The van der Waals surface area contributed by atoms with E-state index in [1.54, 1.807) is 0 Å². The van der Waals surface area contributed by atoms with Gasteiger partial charge in [-0.15, -0.1) is 0 Å². The SMILES string of the molecule is CC.CC.CC.CC.CCCN(CC(C)Cc1ccc(/C(C)=C/C(CC)=NC)c(CC)c1)C(=O)OC(C)(C)C. The minimum atomic E-state index is -0.469. The predicted octanol–water partition coefficient (Wildman–Crippen LogP) is 11.1. The van der Waals surface area contributed by atoms with Crippen molar-refractivity contribution >= 4 is 17.4 Å². The number of carbonyl (C=O) groups excluding carboxylic acids is 1. The number of rotatable bonds is 10. The molecule has 1 rings (SSSR count). The van der Waals surface area contributed by atoms with Gasteiger partial charge in [0.15, 0.2) is 0 Å². The van der Waals surface area contributed by atoms with Crippen LogP contribution in [0.2, 0.25) is 0 Å². The lowest BCUT2D eigenvalue weighted by Gasteiger charge is -2.29. The van der Waals surface area contributed by atoms with Gasteiger partial charge in [-0.05, 0) is 87.6 Å². The Morgan fingerprint density at radius 3 is 1.95 bits per heavy atom. The summed E-state index contributed by atoms with van der Waals surface area (Å²) in [7, 11) is 1.85. The van der Waals surface area contributed by atoms with Crippen LogP contribution in [0.1, 0.15) is 140 Å².